The molecule has 0 aliphatic carbocycles. The Bertz CT molecular complexity index is 57.8. The topological polar surface area (TPSA) is 57.8 Å². The summed E-state index contributed by atoms with van der Waals surface area (Å²) >= 11 is 9.53. The minimum atomic E-state index is -0.245. The van der Waals surface area contributed by atoms with Crippen LogP contribution in [0.1, 0.15) is 6.92 Å². The van der Waals surface area contributed by atoms with E-state index in [0.29, 0.717) is 0 Å². The van der Waals surface area contributed by atoms with Gasteiger partial charge in [-0.1, -0.05) is 0 Å². The van der Waals surface area contributed by atoms with E-state index in [4.69, 9.17) is 23.2 Å². The Morgan fingerprint density at radius 2 is 1.67 bits per heavy atom. The third kappa shape index (κ3) is 71.6. The lowest BCUT2D eigenvalue weighted by Gasteiger charge is -1.80. The van der Waals surface area contributed by atoms with Crippen LogP contribution in [-0.4, -0.2) is 23.9 Å². The molecule has 0 aromatic carbocycles. The second-order valence-electron chi connectivity index (χ2n) is 0.797. The normalized spacial score (nSPS) is 5.78. The van der Waals surface area contributed by atoms with Gasteiger partial charge >= 0.3 is 5.97 Å². The molecule has 58 valence electrons. The van der Waals surface area contributed by atoms with E-state index >= 15 is 0 Å². The van der Waals surface area contributed by atoms with Crippen LogP contribution >= 0.6 is 23.2 Å². The maximum atomic E-state index is 9.59. The maximum absolute atomic E-state index is 9.59. The molecule has 0 saturated carbocycles. The molecule has 0 unspecified atom stereocenters. The lowest BCUT2D eigenvalue weighted by Crippen LogP contribution is -1.88. The molecule has 0 radical (unpaired) electrons. The van der Waals surface area contributed by atoms with E-state index in [1.165, 1.54) is 14.0 Å². The predicted octanol–water partition coefficient (Wildman–Crippen LogP) is 0.776. The van der Waals surface area contributed by atoms with Gasteiger partial charge in [0.25, 0.3) is 0 Å². The lowest BCUT2D eigenvalue weighted by molar-refractivity contribution is -0.137. The summed E-state index contributed by atoms with van der Waals surface area (Å²) in [6.45, 7) is 1.36. The van der Waals surface area contributed by atoms with Gasteiger partial charge in [0.15, 0.2) is 0 Å². The van der Waals surface area contributed by atoms with Crippen LogP contribution in [0.2, 0.25) is 0 Å². The fraction of sp³-hybridized carbons (Fsp3) is 0.750. The van der Waals surface area contributed by atoms with E-state index in [0.717, 1.165) is 0 Å². The molecule has 0 aliphatic rings. The van der Waals surface area contributed by atoms with Crippen LogP contribution in [0.4, 0.5) is 0 Å². The molecule has 5 heteroatoms. The zero-order valence-electron chi connectivity index (χ0n) is 5.28. The number of rotatable bonds is 0. The van der Waals surface area contributed by atoms with Crippen molar-refractivity contribution in [3.05, 3.63) is 0 Å². The summed E-state index contributed by atoms with van der Waals surface area (Å²) in [5.41, 5.74) is 0. The number of carbonyl (C=O) groups is 1. The molecule has 0 atom stereocenters. The monoisotopic (exact) mass is 176 g/mol. The van der Waals surface area contributed by atoms with Gasteiger partial charge < -0.3 is 10.2 Å². The van der Waals surface area contributed by atoms with Gasteiger partial charge in [0.1, 0.15) is 0 Å². The number of ether oxygens (including phenoxy) is 1. The van der Waals surface area contributed by atoms with Crippen LogP contribution < -0.4 is 0 Å². The van der Waals surface area contributed by atoms with Crippen molar-refractivity contribution >= 4 is 29.2 Å². The number of carbonyl (C=O) groups excluding carboxylic acids is 1. The summed E-state index contributed by atoms with van der Waals surface area (Å²) in [6, 6.07) is 0. The number of alkyl halides is 2. The predicted molar refractivity (Wildman–Crippen MR) is 37.9 cm³/mol. The molecular weight excluding hydrogens is 167 g/mol. The second kappa shape index (κ2) is 15.7. The fourth-order valence-corrected chi connectivity index (χ4v) is 0. The Kier molecular flexibility index (Phi) is 27.9. The van der Waals surface area contributed by atoms with E-state index in [2.05, 4.69) is 4.74 Å². The molecule has 9 heavy (non-hydrogen) atoms. The van der Waals surface area contributed by atoms with Gasteiger partial charge in [-0.3, -0.25) is 4.79 Å². The molecule has 3 nitrogen and oxygen atoms in total. The van der Waals surface area contributed by atoms with Crippen LogP contribution in [0.25, 0.3) is 0 Å². The van der Waals surface area contributed by atoms with Gasteiger partial charge in [0.05, 0.1) is 12.4 Å². The van der Waals surface area contributed by atoms with Gasteiger partial charge in [0, 0.05) is 6.92 Å². The van der Waals surface area contributed by atoms with E-state index in [-0.39, 0.29) is 16.8 Å². The van der Waals surface area contributed by atoms with Crippen molar-refractivity contribution in [2.24, 2.45) is 0 Å². The molecule has 0 saturated heterocycles. The minimum absolute atomic E-state index is 0. The number of methoxy groups -OCH3 is 1. The molecule has 0 bridgehead atoms. The molecule has 0 aliphatic heterocycles. The Morgan fingerprint density at radius 1 is 1.56 bits per heavy atom. The zero-order valence-corrected chi connectivity index (χ0v) is 6.79. The van der Waals surface area contributed by atoms with E-state index in [1.54, 1.807) is 0 Å². The number of hydrogen-bond donors (Lipinski definition) is 0. The van der Waals surface area contributed by atoms with Crippen LogP contribution in [0, 0.1) is 0 Å². The van der Waals surface area contributed by atoms with Crippen molar-refractivity contribution < 1.29 is 15.0 Å². The van der Waals surface area contributed by atoms with Crippen molar-refractivity contribution in [2.45, 2.75) is 6.92 Å². The van der Waals surface area contributed by atoms with Gasteiger partial charge in [-0.2, -0.15) is 0 Å². The molecular formula is C4H10Cl2O3. The van der Waals surface area contributed by atoms with Crippen molar-refractivity contribution in [1.82, 2.24) is 0 Å². The van der Waals surface area contributed by atoms with Crippen molar-refractivity contribution in [2.75, 3.05) is 12.4 Å². The van der Waals surface area contributed by atoms with Crippen LogP contribution in [-0.2, 0) is 9.53 Å². The molecule has 0 rings (SSSR count). The first-order valence-corrected chi connectivity index (χ1v) is 2.92. The third-order valence-corrected chi connectivity index (χ3v) is 0.287. The van der Waals surface area contributed by atoms with E-state index in [1.807, 2.05) is 0 Å². The summed E-state index contributed by atoms with van der Waals surface area (Å²) in [4.78, 5) is 9.59. The van der Waals surface area contributed by atoms with E-state index < -0.39 is 0 Å². The molecule has 0 amide bonds. The van der Waals surface area contributed by atoms with Gasteiger partial charge in [-0.15, -0.1) is 23.2 Å². The Hall–Kier alpha value is 0.01000. The van der Waals surface area contributed by atoms with Gasteiger partial charge in [0.2, 0.25) is 0 Å². The smallest absolute Gasteiger partial charge is 0.302 e. The highest BCUT2D eigenvalue weighted by Gasteiger charge is 1.75. The van der Waals surface area contributed by atoms with Crippen LogP contribution in [0.15, 0.2) is 0 Å². The molecule has 0 fully saturated rings. The lowest BCUT2D eigenvalue weighted by atomic mass is 10.8. The Morgan fingerprint density at radius 3 is 1.67 bits per heavy atom. The molecule has 2 N–H and O–H groups in total. The first-order chi connectivity index (χ1) is 3.68. The number of esters is 1. The Balaban J connectivity index is -0.0000000800. The maximum Gasteiger partial charge on any atom is 0.302 e. The largest absolute Gasteiger partial charge is 0.469 e. The Labute approximate surface area is 64.2 Å². The summed E-state index contributed by atoms with van der Waals surface area (Å²) < 4.78 is 4.11. The third-order valence-electron chi connectivity index (χ3n) is 0.287. The van der Waals surface area contributed by atoms with Crippen LogP contribution in [0.5, 0.6) is 0 Å². The average Bonchev–Trinajstić information content (AvgIpc) is 1.69. The second-order valence-corrected chi connectivity index (χ2v) is 1.60. The molecule has 0 spiro atoms. The zero-order chi connectivity index (χ0) is 6.99. The van der Waals surface area contributed by atoms with Crippen molar-refractivity contribution in [3.63, 3.8) is 0 Å². The average molecular weight is 177 g/mol. The highest BCUT2D eigenvalue weighted by Crippen LogP contribution is 1.73. The molecule has 0 heterocycles. The highest BCUT2D eigenvalue weighted by atomic mass is 35.5. The first-order valence-electron chi connectivity index (χ1n) is 1.85. The SMILES string of the molecule is COC(C)=O.ClCCl.O. The van der Waals surface area contributed by atoms with Crippen molar-refractivity contribution in [3.8, 4) is 0 Å². The quantitative estimate of drug-likeness (QED) is 0.405. The van der Waals surface area contributed by atoms with Crippen LogP contribution in [0.3, 0.4) is 0 Å². The molecule has 0 aromatic heterocycles. The van der Waals surface area contributed by atoms with Gasteiger partial charge in [-0.25, -0.2) is 0 Å². The summed E-state index contributed by atoms with van der Waals surface area (Å²) in [6.07, 6.45) is 0. The minimum Gasteiger partial charge on any atom is -0.469 e. The van der Waals surface area contributed by atoms with E-state index in [9.17, 15) is 4.79 Å². The summed E-state index contributed by atoms with van der Waals surface area (Å²) in [5.74, 6) is -0.245. The summed E-state index contributed by atoms with van der Waals surface area (Å²) in [5, 5.41) is 0.194. The molecule has 0 aromatic rings. The number of hydrogen-bond acceptors (Lipinski definition) is 2. The van der Waals surface area contributed by atoms with Crippen molar-refractivity contribution in [1.29, 1.82) is 0 Å². The van der Waals surface area contributed by atoms with Gasteiger partial charge in [-0.05, 0) is 0 Å². The standard InChI is InChI=1S/C3H6O2.CH2Cl2.H2O/c1-3(4)5-2;2-1-3;/h1-2H3;1H2;1H2. The fourth-order valence-electron chi connectivity index (χ4n) is 0. The highest BCUT2D eigenvalue weighted by molar-refractivity contribution is 6.40. The first kappa shape index (κ1) is 16.0. The summed E-state index contributed by atoms with van der Waals surface area (Å²) in [7, 11) is 1.35. The number of halogens is 2.